The molecular weight excluding hydrogens is 326 g/mol. The summed E-state index contributed by atoms with van der Waals surface area (Å²) >= 11 is 0. The predicted octanol–water partition coefficient (Wildman–Crippen LogP) is 2.29. The second kappa shape index (κ2) is 7.91. The number of fused-ring (bicyclic) bond motifs is 2. The Morgan fingerprint density at radius 3 is 2.85 bits per heavy atom. The lowest BCUT2D eigenvalue weighted by Gasteiger charge is -2.22. The molecule has 2 aliphatic rings. The molecule has 2 saturated heterocycles. The summed E-state index contributed by atoms with van der Waals surface area (Å²) < 4.78 is 7.79. The zero-order valence-electron chi connectivity index (χ0n) is 15.3. The summed E-state index contributed by atoms with van der Waals surface area (Å²) in [7, 11) is 0. The molecule has 3 heterocycles. The summed E-state index contributed by atoms with van der Waals surface area (Å²) in [5, 5.41) is 11.2. The summed E-state index contributed by atoms with van der Waals surface area (Å²) in [4.78, 5) is 4.75. The number of rotatable bonds is 6. The first kappa shape index (κ1) is 17.1. The first-order valence-electron chi connectivity index (χ1n) is 9.61. The summed E-state index contributed by atoms with van der Waals surface area (Å²) in [6.07, 6.45) is 8.96. The number of nitrogens with one attached hydrogen (secondary N) is 2. The Labute approximate surface area is 154 Å². The van der Waals surface area contributed by atoms with Crippen molar-refractivity contribution in [2.75, 3.05) is 13.1 Å². The molecule has 0 radical (unpaired) electrons. The lowest BCUT2D eigenvalue weighted by Crippen LogP contribution is -2.47. The topological polar surface area (TPSA) is 63.5 Å². The quantitative estimate of drug-likeness (QED) is 0.618. The minimum absolute atomic E-state index is 0.360. The molecule has 2 aliphatic heterocycles. The molecule has 2 bridgehead atoms. The van der Waals surface area contributed by atoms with E-state index in [-0.39, 0.29) is 0 Å². The Balaban J connectivity index is 1.31. The van der Waals surface area contributed by atoms with Crippen molar-refractivity contribution in [3.05, 3.63) is 48.3 Å². The molecule has 0 spiro atoms. The molecule has 2 fully saturated rings. The molecule has 6 nitrogen and oxygen atoms in total. The maximum Gasteiger partial charge on any atom is 0.191 e. The smallest absolute Gasteiger partial charge is 0.191 e. The number of hydrogen-bond acceptors (Lipinski definition) is 3. The summed E-state index contributed by atoms with van der Waals surface area (Å²) in [5.41, 5.74) is 2.36. The summed E-state index contributed by atoms with van der Waals surface area (Å²) in [6, 6.07) is 10.8. The standard InChI is InChI=1S/C20H27N5O/c1-2-21-20(24-18-14-17-8-9-19(18)26-17)22-12-10-15-4-6-16(7-5-15)25-13-3-11-23-25/h3-7,11,13,17-19H,2,8-10,12,14H2,1H3,(H2,21,22,24). The van der Waals surface area contributed by atoms with E-state index in [4.69, 9.17) is 9.73 Å². The fraction of sp³-hybridized carbons (Fsp3) is 0.500. The first-order chi connectivity index (χ1) is 12.8. The van der Waals surface area contributed by atoms with E-state index in [9.17, 15) is 0 Å². The highest BCUT2D eigenvalue weighted by molar-refractivity contribution is 5.80. The largest absolute Gasteiger partial charge is 0.373 e. The number of nitrogens with zero attached hydrogens (tertiary/aromatic N) is 3. The van der Waals surface area contributed by atoms with Crippen LogP contribution in [0.5, 0.6) is 0 Å². The molecule has 2 N–H and O–H groups in total. The van der Waals surface area contributed by atoms with Crippen molar-refractivity contribution in [3.63, 3.8) is 0 Å². The van der Waals surface area contributed by atoms with Crippen molar-refractivity contribution < 1.29 is 4.74 Å². The normalized spacial score (nSPS) is 24.8. The van der Waals surface area contributed by atoms with Crippen molar-refractivity contribution >= 4 is 5.96 Å². The van der Waals surface area contributed by atoms with E-state index in [2.05, 4.69) is 46.9 Å². The maximum atomic E-state index is 5.93. The average molecular weight is 353 g/mol. The molecule has 0 aliphatic carbocycles. The third-order valence-electron chi connectivity index (χ3n) is 5.15. The van der Waals surface area contributed by atoms with Crippen LogP contribution in [0.15, 0.2) is 47.7 Å². The van der Waals surface area contributed by atoms with Crippen LogP contribution >= 0.6 is 0 Å². The zero-order valence-corrected chi connectivity index (χ0v) is 15.3. The van der Waals surface area contributed by atoms with Crippen LogP contribution in [0.2, 0.25) is 0 Å². The van der Waals surface area contributed by atoms with Gasteiger partial charge in [-0.1, -0.05) is 12.1 Å². The Morgan fingerprint density at radius 2 is 2.19 bits per heavy atom. The van der Waals surface area contributed by atoms with E-state index < -0.39 is 0 Å². The fourth-order valence-electron chi connectivity index (χ4n) is 3.82. The van der Waals surface area contributed by atoms with Gasteiger partial charge >= 0.3 is 0 Å². The predicted molar refractivity (Wildman–Crippen MR) is 103 cm³/mol. The Morgan fingerprint density at radius 1 is 1.31 bits per heavy atom. The highest BCUT2D eigenvalue weighted by atomic mass is 16.5. The third-order valence-corrected chi connectivity index (χ3v) is 5.15. The third kappa shape index (κ3) is 3.90. The van der Waals surface area contributed by atoms with E-state index >= 15 is 0 Å². The first-order valence-corrected chi connectivity index (χ1v) is 9.61. The lowest BCUT2D eigenvalue weighted by molar-refractivity contribution is 0.0992. The number of aliphatic imine (C=N–C) groups is 1. The highest BCUT2D eigenvalue weighted by Crippen LogP contribution is 2.34. The van der Waals surface area contributed by atoms with Crippen LogP contribution in [0.1, 0.15) is 31.7 Å². The fourth-order valence-corrected chi connectivity index (χ4v) is 3.82. The van der Waals surface area contributed by atoms with E-state index in [1.807, 2.05) is 16.9 Å². The lowest BCUT2D eigenvalue weighted by atomic mass is 9.96. The Hall–Kier alpha value is -2.34. The van der Waals surface area contributed by atoms with Gasteiger partial charge in [0.1, 0.15) is 0 Å². The maximum absolute atomic E-state index is 5.93. The van der Waals surface area contributed by atoms with Gasteiger partial charge in [0, 0.05) is 25.5 Å². The van der Waals surface area contributed by atoms with Gasteiger partial charge in [-0.2, -0.15) is 5.10 Å². The number of benzene rings is 1. The Bertz CT molecular complexity index is 725. The van der Waals surface area contributed by atoms with Gasteiger partial charge in [0.2, 0.25) is 0 Å². The van der Waals surface area contributed by atoms with Gasteiger partial charge in [0.15, 0.2) is 5.96 Å². The zero-order chi connectivity index (χ0) is 17.8. The van der Waals surface area contributed by atoms with Gasteiger partial charge in [0.25, 0.3) is 0 Å². The molecular formula is C20H27N5O. The van der Waals surface area contributed by atoms with Crippen LogP contribution in [-0.4, -0.2) is 47.1 Å². The SMILES string of the molecule is CCNC(=NCCc1ccc(-n2cccn2)cc1)NC1CC2CCC1O2. The number of aromatic nitrogens is 2. The van der Waals surface area contributed by atoms with Gasteiger partial charge in [0.05, 0.1) is 23.9 Å². The Kier molecular flexibility index (Phi) is 5.20. The van der Waals surface area contributed by atoms with E-state index in [1.165, 1.54) is 18.4 Å². The molecule has 26 heavy (non-hydrogen) atoms. The second-order valence-electron chi connectivity index (χ2n) is 6.99. The number of guanidine groups is 1. The molecule has 1 aromatic carbocycles. The summed E-state index contributed by atoms with van der Waals surface area (Å²) in [5.74, 6) is 0.904. The van der Waals surface area contributed by atoms with Crippen molar-refractivity contribution in [1.82, 2.24) is 20.4 Å². The molecule has 4 rings (SSSR count). The van der Waals surface area contributed by atoms with Crippen LogP contribution in [0, 0.1) is 0 Å². The highest BCUT2D eigenvalue weighted by Gasteiger charge is 2.41. The monoisotopic (exact) mass is 353 g/mol. The van der Waals surface area contributed by atoms with Gasteiger partial charge in [-0.05, 0) is 56.4 Å². The van der Waals surface area contributed by atoms with Crippen LogP contribution in [0.4, 0.5) is 0 Å². The summed E-state index contributed by atoms with van der Waals surface area (Å²) in [6.45, 7) is 3.73. The van der Waals surface area contributed by atoms with Gasteiger partial charge < -0.3 is 15.4 Å². The van der Waals surface area contributed by atoms with Gasteiger partial charge in [-0.25, -0.2) is 4.68 Å². The van der Waals surface area contributed by atoms with Crippen molar-refractivity contribution in [2.24, 2.45) is 4.99 Å². The van der Waals surface area contributed by atoms with Crippen LogP contribution < -0.4 is 10.6 Å². The van der Waals surface area contributed by atoms with Gasteiger partial charge in [-0.3, -0.25) is 4.99 Å². The van der Waals surface area contributed by atoms with Crippen LogP contribution in [-0.2, 0) is 11.2 Å². The van der Waals surface area contributed by atoms with Crippen LogP contribution in [0.3, 0.4) is 0 Å². The van der Waals surface area contributed by atoms with Crippen LogP contribution in [0.25, 0.3) is 5.69 Å². The molecule has 2 aromatic rings. The molecule has 3 atom stereocenters. The second-order valence-corrected chi connectivity index (χ2v) is 6.99. The van der Waals surface area contributed by atoms with E-state index in [0.717, 1.165) is 37.6 Å². The number of hydrogen-bond donors (Lipinski definition) is 2. The van der Waals surface area contributed by atoms with Crippen molar-refractivity contribution in [3.8, 4) is 5.69 Å². The van der Waals surface area contributed by atoms with Crippen molar-refractivity contribution in [1.29, 1.82) is 0 Å². The minimum Gasteiger partial charge on any atom is -0.373 e. The molecule has 3 unspecified atom stereocenters. The average Bonchev–Trinajstić information content (AvgIpc) is 3.41. The van der Waals surface area contributed by atoms with E-state index in [1.54, 1.807) is 6.20 Å². The molecule has 1 aromatic heterocycles. The number of ether oxygens (including phenoxy) is 1. The van der Waals surface area contributed by atoms with Crippen molar-refractivity contribution in [2.45, 2.75) is 50.9 Å². The molecule has 6 heteroatoms. The van der Waals surface area contributed by atoms with Gasteiger partial charge in [-0.15, -0.1) is 0 Å². The molecule has 138 valence electrons. The molecule has 0 saturated carbocycles. The van der Waals surface area contributed by atoms with E-state index in [0.29, 0.717) is 18.2 Å². The minimum atomic E-state index is 0.360. The molecule has 0 amide bonds.